The zero-order chi connectivity index (χ0) is 12.0. The van der Waals surface area contributed by atoms with Gasteiger partial charge >= 0.3 is 0 Å². The van der Waals surface area contributed by atoms with Crippen molar-refractivity contribution in [2.75, 3.05) is 0 Å². The Bertz CT molecular complexity index is 484. The van der Waals surface area contributed by atoms with Crippen LogP contribution in [0.2, 0.25) is 0 Å². The lowest BCUT2D eigenvalue weighted by Crippen LogP contribution is -1.86. The Morgan fingerprint density at radius 2 is 1.88 bits per heavy atom. The van der Waals surface area contributed by atoms with E-state index < -0.39 is 0 Å². The smallest absolute Gasteiger partial charge is 0.137 e. The third-order valence-electron chi connectivity index (χ3n) is 2.20. The van der Waals surface area contributed by atoms with Crippen LogP contribution in [0.5, 0.6) is 0 Å². The summed E-state index contributed by atoms with van der Waals surface area (Å²) >= 11 is 0. The molecule has 2 heteroatoms. The number of hydrogen-bond acceptors (Lipinski definition) is 2. The molecule has 1 aliphatic rings. The summed E-state index contributed by atoms with van der Waals surface area (Å²) in [6.07, 6.45) is 10.4. The molecule has 0 unspecified atom stereocenters. The first-order valence-corrected chi connectivity index (χ1v) is 5.03. The molecule has 0 spiro atoms. The number of allylic oxidation sites excluding steroid dienone is 9. The summed E-state index contributed by atoms with van der Waals surface area (Å²) in [7, 11) is 0. The van der Waals surface area contributed by atoms with E-state index in [-0.39, 0.29) is 5.57 Å². The van der Waals surface area contributed by atoms with Crippen LogP contribution < -0.4 is 0 Å². The number of nitriles is 2. The normalized spacial score (nSPS) is 16.8. The van der Waals surface area contributed by atoms with Crippen LogP contribution in [-0.4, -0.2) is 0 Å². The summed E-state index contributed by atoms with van der Waals surface area (Å²) in [6.45, 7) is 5.90. The first-order chi connectivity index (χ1) is 7.72. The van der Waals surface area contributed by atoms with E-state index >= 15 is 0 Å². The molecule has 16 heavy (non-hydrogen) atoms. The Kier molecular flexibility index (Phi) is 4.07. The quantitative estimate of drug-likeness (QED) is 0.620. The molecule has 0 aromatic rings. The van der Waals surface area contributed by atoms with Gasteiger partial charge in [0.1, 0.15) is 17.7 Å². The summed E-state index contributed by atoms with van der Waals surface area (Å²) in [5.41, 5.74) is 2.45. The number of hydrogen-bond donors (Lipinski definition) is 0. The van der Waals surface area contributed by atoms with Crippen LogP contribution in [-0.2, 0) is 0 Å². The third kappa shape index (κ3) is 2.59. The fourth-order valence-electron chi connectivity index (χ4n) is 1.39. The van der Waals surface area contributed by atoms with Gasteiger partial charge in [0.15, 0.2) is 0 Å². The molecule has 0 aliphatic heterocycles. The maximum atomic E-state index is 8.81. The average Bonchev–Trinajstić information content (AvgIpc) is 2.46. The van der Waals surface area contributed by atoms with Crippen molar-refractivity contribution in [1.29, 1.82) is 10.5 Å². The summed E-state index contributed by atoms with van der Waals surface area (Å²) < 4.78 is 0. The Morgan fingerprint density at radius 1 is 1.25 bits per heavy atom. The molecule has 0 fully saturated rings. The number of nitrogens with zero attached hydrogens (tertiary/aromatic N) is 2. The van der Waals surface area contributed by atoms with Crippen molar-refractivity contribution < 1.29 is 0 Å². The van der Waals surface area contributed by atoms with Gasteiger partial charge < -0.3 is 0 Å². The lowest BCUT2D eigenvalue weighted by molar-refractivity contribution is 1.21. The van der Waals surface area contributed by atoms with E-state index in [1.807, 2.05) is 30.4 Å². The van der Waals surface area contributed by atoms with Crippen molar-refractivity contribution in [1.82, 2.24) is 0 Å². The lowest BCUT2D eigenvalue weighted by atomic mass is 10.0. The molecule has 1 aliphatic carbocycles. The van der Waals surface area contributed by atoms with Crippen LogP contribution in [0.4, 0.5) is 0 Å². The van der Waals surface area contributed by atoms with Gasteiger partial charge in [-0.2, -0.15) is 10.5 Å². The van der Waals surface area contributed by atoms with E-state index in [0.29, 0.717) is 11.1 Å². The summed E-state index contributed by atoms with van der Waals surface area (Å²) in [6, 6.07) is 3.76. The second kappa shape index (κ2) is 5.53. The highest BCUT2D eigenvalue weighted by Gasteiger charge is 2.07. The van der Waals surface area contributed by atoms with E-state index in [1.165, 1.54) is 0 Å². The molecule has 0 saturated heterocycles. The van der Waals surface area contributed by atoms with Gasteiger partial charge in [-0.05, 0) is 17.6 Å². The SMILES string of the molecule is C=C1C=C/C(=C\CC)C=CC1=C(C#N)C#N. The summed E-state index contributed by atoms with van der Waals surface area (Å²) in [4.78, 5) is 0. The fraction of sp³-hybridized carbons (Fsp3) is 0.143. The highest BCUT2D eigenvalue weighted by molar-refractivity contribution is 5.60. The summed E-state index contributed by atoms with van der Waals surface area (Å²) in [5, 5.41) is 17.6. The van der Waals surface area contributed by atoms with Crippen LogP contribution >= 0.6 is 0 Å². The molecule has 78 valence electrons. The van der Waals surface area contributed by atoms with Gasteiger partial charge in [-0.25, -0.2) is 0 Å². The second-order valence-electron chi connectivity index (χ2n) is 3.32. The maximum absolute atomic E-state index is 8.81. The molecule has 0 atom stereocenters. The van der Waals surface area contributed by atoms with Crippen molar-refractivity contribution in [2.45, 2.75) is 13.3 Å². The molecule has 0 amide bonds. The Labute approximate surface area is 95.8 Å². The standard InChI is InChI=1S/C14H12N2/c1-3-4-12-6-5-11(2)14(8-7-12)13(9-15)10-16/h4-8H,2-3H2,1H3/b12-4+. The topological polar surface area (TPSA) is 47.6 Å². The predicted octanol–water partition coefficient (Wildman–Crippen LogP) is 3.35. The lowest BCUT2D eigenvalue weighted by Gasteiger charge is -1.98. The highest BCUT2D eigenvalue weighted by Crippen LogP contribution is 2.21. The Hall–Kier alpha value is -2.32. The maximum Gasteiger partial charge on any atom is 0.137 e. The van der Waals surface area contributed by atoms with E-state index in [2.05, 4.69) is 19.6 Å². The second-order valence-corrected chi connectivity index (χ2v) is 3.32. The van der Waals surface area contributed by atoms with Gasteiger partial charge in [0.05, 0.1) is 0 Å². The highest BCUT2D eigenvalue weighted by atomic mass is 14.3. The van der Waals surface area contributed by atoms with Crippen molar-refractivity contribution in [3.63, 3.8) is 0 Å². The first-order valence-electron chi connectivity index (χ1n) is 5.03. The summed E-state index contributed by atoms with van der Waals surface area (Å²) in [5.74, 6) is 0. The fourth-order valence-corrected chi connectivity index (χ4v) is 1.39. The van der Waals surface area contributed by atoms with Gasteiger partial charge in [-0.1, -0.05) is 43.9 Å². The van der Waals surface area contributed by atoms with Crippen LogP contribution in [0.25, 0.3) is 0 Å². The molecule has 0 saturated carbocycles. The van der Waals surface area contributed by atoms with E-state index in [1.54, 1.807) is 6.08 Å². The van der Waals surface area contributed by atoms with Crippen molar-refractivity contribution >= 4 is 0 Å². The van der Waals surface area contributed by atoms with Crippen molar-refractivity contribution in [3.8, 4) is 12.1 Å². The van der Waals surface area contributed by atoms with Gasteiger partial charge in [-0.15, -0.1) is 0 Å². The minimum absolute atomic E-state index is 0.101. The molecule has 0 aromatic heterocycles. The molecule has 1 rings (SSSR count). The van der Waals surface area contributed by atoms with Crippen molar-refractivity contribution in [2.24, 2.45) is 0 Å². The van der Waals surface area contributed by atoms with Crippen molar-refractivity contribution in [3.05, 3.63) is 59.3 Å². The monoisotopic (exact) mass is 208 g/mol. The van der Waals surface area contributed by atoms with Crippen LogP contribution in [0.1, 0.15) is 13.3 Å². The van der Waals surface area contributed by atoms with Crippen LogP contribution in [0.3, 0.4) is 0 Å². The van der Waals surface area contributed by atoms with Crippen LogP contribution in [0, 0.1) is 22.7 Å². The Balaban J connectivity index is 3.26. The van der Waals surface area contributed by atoms with E-state index in [0.717, 1.165) is 12.0 Å². The van der Waals surface area contributed by atoms with Gasteiger partial charge in [0.25, 0.3) is 0 Å². The van der Waals surface area contributed by atoms with Gasteiger partial charge in [0, 0.05) is 5.57 Å². The molecule has 0 bridgehead atoms. The number of rotatable bonds is 1. The molecule has 0 aromatic carbocycles. The first kappa shape index (κ1) is 11.8. The molecule has 0 heterocycles. The zero-order valence-corrected chi connectivity index (χ0v) is 9.20. The largest absolute Gasteiger partial charge is 0.192 e. The molecular weight excluding hydrogens is 196 g/mol. The zero-order valence-electron chi connectivity index (χ0n) is 9.20. The van der Waals surface area contributed by atoms with Crippen LogP contribution in [0.15, 0.2) is 59.3 Å². The van der Waals surface area contributed by atoms with Gasteiger partial charge in [-0.3, -0.25) is 0 Å². The molecule has 2 nitrogen and oxygen atoms in total. The minimum atomic E-state index is 0.101. The van der Waals surface area contributed by atoms with E-state index in [9.17, 15) is 0 Å². The average molecular weight is 208 g/mol. The minimum Gasteiger partial charge on any atom is -0.192 e. The third-order valence-corrected chi connectivity index (χ3v) is 2.20. The van der Waals surface area contributed by atoms with Gasteiger partial charge in [0.2, 0.25) is 0 Å². The Morgan fingerprint density at radius 3 is 2.44 bits per heavy atom. The molecule has 0 N–H and O–H groups in total. The van der Waals surface area contributed by atoms with E-state index in [4.69, 9.17) is 10.5 Å². The predicted molar refractivity (Wildman–Crippen MR) is 64.0 cm³/mol. The molecular formula is C14H12N2. The molecule has 0 radical (unpaired) electrons.